The second-order valence-electron chi connectivity index (χ2n) is 12.8. The van der Waals surface area contributed by atoms with E-state index in [1.807, 2.05) is 0 Å². The van der Waals surface area contributed by atoms with E-state index in [1.54, 1.807) is 0 Å². The van der Waals surface area contributed by atoms with Gasteiger partial charge < -0.3 is 10.2 Å². The molecule has 0 radical (unpaired) electrons. The number of carbonyl (C=O) groups is 2. The highest BCUT2D eigenvalue weighted by atomic mass is 16.4. The molecule has 4 heteroatoms. The highest BCUT2D eigenvalue weighted by Crippen LogP contribution is 2.17. The molecule has 0 atom stereocenters. The van der Waals surface area contributed by atoms with E-state index in [2.05, 4.69) is 0 Å². The molecule has 4 nitrogen and oxygen atoms in total. The lowest BCUT2D eigenvalue weighted by Gasteiger charge is -2.05. The van der Waals surface area contributed by atoms with Gasteiger partial charge in [0.25, 0.3) is 0 Å². The Hall–Kier alpha value is -1.84. The standard InChI is InChI=1S/3C10H20.C8H6O4/c3*1-2-4-6-8-10-9-7-5-3-1;9-7(10)5-3-1-2-4-6(5)8(11)12/h3*1-10H2;1-4H,(H,9,10)(H,11,12). The monoisotopic (exact) mass is 586 g/mol. The van der Waals surface area contributed by atoms with Crippen molar-refractivity contribution in [2.45, 2.75) is 193 Å². The average molecular weight is 587 g/mol. The molecule has 1 aromatic carbocycles. The first-order valence-electron chi connectivity index (χ1n) is 18.2. The third-order valence-corrected chi connectivity index (χ3v) is 8.89. The quantitative estimate of drug-likeness (QED) is 0.361. The van der Waals surface area contributed by atoms with Crippen LogP contribution in [0.4, 0.5) is 0 Å². The van der Waals surface area contributed by atoms with Crippen molar-refractivity contribution in [3.05, 3.63) is 35.4 Å². The van der Waals surface area contributed by atoms with Crippen LogP contribution in [0.25, 0.3) is 0 Å². The lowest BCUT2D eigenvalue weighted by atomic mass is 10.0. The lowest BCUT2D eigenvalue weighted by Crippen LogP contribution is -2.06. The van der Waals surface area contributed by atoms with Gasteiger partial charge in [0.2, 0.25) is 0 Å². The molecule has 0 heterocycles. The first-order chi connectivity index (χ1) is 20.6. The Labute approximate surface area is 259 Å². The van der Waals surface area contributed by atoms with Crippen molar-refractivity contribution in [3.8, 4) is 0 Å². The second kappa shape index (κ2) is 29.2. The summed E-state index contributed by atoms with van der Waals surface area (Å²) in [6.45, 7) is 0. The topological polar surface area (TPSA) is 74.6 Å². The SMILES string of the molecule is C1CCCCCCCCC1.C1CCCCCCCCC1.C1CCCCCCCCC1.O=C(O)c1ccccc1C(=O)O. The summed E-state index contributed by atoms with van der Waals surface area (Å²) in [7, 11) is 0. The summed E-state index contributed by atoms with van der Waals surface area (Å²) in [4.78, 5) is 20.9. The van der Waals surface area contributed by atoms with Gasteiger partial charge in [0.05, 0.1) is 11.1 Å². The molecule has 2 N–H and O–H groups in total. The molecule has 3 fully saturated rings. The molecule has 0 aliphatic heterocycles. The Morgan fingerprint density at radius 3 is 0.524 bits per heavy atom. The van der Waals surface area contributed by atoms with E-state index in [0.717, 1.165) is 0 Å². The fraction of sp³-hybridized carbons (Fsp3) is 0.789. The number of carboxylic acids is 2. The highest BCUT2D eigenvalue weighted by Gasteiger charge is 2.13. The Kier molecular flexibility index (Phi) is 26.6. The van der Waals surface area contributed by atoms with Gasteiger partial charge in [0.15, 0.2) is 0 Å². The lowest BCUT2D eigenvalue weighted by molar-refractivity contribution is 0.0651. The van der Waals surface area contributed by atoms with Crippen LogP contribution in [-0.2, 0) is 0 Å². The predicted octanol–water partition coefficient (Wildman–Crippen LogP) is 12.8. The summed E-state index contributed by atoms with van der Waals surface area (Å²) in [6, 6.07) is 5.48. The van der Waals surface area contributed by atoms with Gasteiger partial charge in [-0.3, -0.25) is 0 Å². The van der Waals surface area contributed by atoms with Crippen molar-refractivity contribution >= 4 is 11.9 Å². The third-order valence-electron chi connectivity index (χ3n) is 8.89. The second-order valence-corrected chi connectivity index (χ2v) is 12.8. The van der Waals surface area contributed by atoms with Gasteiger partial charge in [-0.05, 0) is 12.1 Å². The first-order valence-corrected chi connectivity index (χ1v) is 18.2. The minimum absolute atomic E-state index is 0.190. The maximum Gasteiger partial charge on any atom is 0.336 e. The predicted molar refractivity (Wildman–Crippen MR) is 179 cm³/mol. The number of benzene rings is 1. The van der Waals surface area contributed by atoms with Crippen LogP contribution in [-0.4, -0.2) is 22.2 Å². The Morgan fingerprint density at radius 2 is 0.429 bits per heavy atom. The number of hydrogen-bond acceptors (Lipinski definition) is 2. The number of rotatable bonds is 2. The van der Waals surface area contributed by atoms with E-state index in [0.29, 0.717) is 0 Å². The van der Waals surface area contributed by atoms with E-state index in [4.69, 9.17) is 10.2 Å². The smallest absolute Gasteiger partial charge is 0.336 e. The average Bonchev–Trinajstić information content (AvgIpc) is 3.03. The van der Waals surface area contributed by atoms with E-state index in [9.17, 15) is 9.59 Å². The molecule has 0 spiro atoms. The molecule has 4 rings (SSSR count). The van der Waals surface area contributed by atoms with Crippen LogP contribution >= 0.6 is 0 Å². The molecule has 42 heavy (non-hydrogen) atoms. The maximum absolute atomic E-state index is 10.5. The molecule has 0 unspecified atom stereocenters. The molecule has 3 saturated carbocycles. The minimum atomic E-state index is -1.23. The Bertz CT molecular complexity index is 579. The van der Waals surface area contributed by atoms with Crippen molar-refractivity contribution in [2.75, 3.05) is 0 Å². The van der Waals surface area contributed by atoms with Crippen LogP contribution in [0.2, 0.25) is 0 Å². The molecule has 1 aromatic rings. The van der Waals surface area contributed by atoms with Crippen LogP contribution in [0.15, 0.2) is 24.3 Å². The highest BCUT2D eigenvalue weighted by molar-refractivity contribution is 6.01. The molecule has 242 valence electrons. The summed E-state index contributed by atoms with van der Waals surface area (Å²) >= 11 is 0. The van der Waals surface area contributed by atoms with Crippen molar-refractivity contribution in [3.63, 3.8) is 0 Å². The van der Waals surface area contributed by atoms with Gasteiger partial charge in [-0.25, -0.2) is 9.59 Å². The van der Waals surface area contributed by atoms with Gasteiger partial charge in [0, 0.05) is 0 Å². The molecule has 0 amide bonds. The van der Waals surface area contributed by atoms with E-state index in [1.165, 1.54) is 217 Å². The summed E-state index contributed by atoms with van der Waals surface area (Å²) in [5.41, 5.74) is -0.380. The summed E-state index contributed by atoms with van der Waals surface area (Å²) in [5.74, 6) is -2.46. The first kappa shape index (κ1) is 38.2. The normalized spacial score (nSPS) is 19.8. The molecule has 0 bridgehead atoms. The minimum Gasteiger partial charge on any atom is -0.478 e. The fourth-order valence-corrected chi connectivity index (χ4v) is 6.16. The van der Waals surface area contributed by atoms with Gasteiger partial charge in [0.1, 0.15) is 0 Å². The van der Waals surface area contributed by atoms with E-state index >= 15 is 0 Å². The van der Waals surface area contributed by atoms with E-state index < -0.39 is 11.9 Å². The van der Waals surface area contributed by atoms with E-state index in [-0.39, 0.29) is 11.1 Å². The number of aromatic carboxylic acids is 2. The molecule has 3 aliphatic rings. The van der Waals surface area contributed by atoms with Crippen molar-refractivity contribution in [1.82, 2.24) is 0 Å². The summed E-state index contributed by atoms with van der Waals surface area (Å²) in [6.07, 6.45) is 45.0. The zero-order valence-electron chi connectivity index (χ0n) is 27.2. The summed E-state index contributed by atoms with van der Waals surface area (Å²) < 4.78 is 0. The Balaban J connectivity index is 0.000000281. The fourth-order valence-electron chi connectivity index (χ4n) is 6.16. The van der Waals surface area contributed by atoms with Gasteiger partial charge >= 0.3 is 11.9 Å². The molecule has 3 aliphatic carbocycles. The van der Waals surface area contributed by atoms with Crippen LogP contribution in [0, 0.1) is 0 Å². The zero-order valence-corrected chi connectivity index (χ0v) is 27.2. The van der Waals surface area contributed by atoms with Crippen molar-refractivity contribution in [2.24, 2.45) is 0 Å². The number of hydrogen-bond donors (Lipinski definition) is 2. The van der Waals surface area contributed by atoms with Crippen LogP contribution < -0.4 is 0 Å². The van der Waals surface area contributed by atoms with Gasteiger partial charge in [-0.2, -0.15) is 0 Å². The molecule has 0 saturated heterocycles. The van der Waals surface area contributed by atoms with Gasteiger partial charge in [-0.1, -0.05) is 205 Å². The molecular formula is C38H66O4. The van der Waals surface area contributed by atoms with Gasteiger partial charge in [-0.15, -0.1) is 0 Å². The molecule has 0 aromatic heterocycles. The van der Waals surface area contributed by atoms with Crippen LogP contribution in [0.1, 0.15) is 213 Å². The maximum atomic E-state index is 10.5. The zero-order chi connectivity index (χ0) is 30.4. The largest absolute Gasteiger partial charge is 0.478 e. The summed E-state index contributed by atoms with van der Waals surface area (Å²) in [5, 5.41) is 17.1. The Morgan fingerprint density at radius 1 is 0.310 bits per heavy atom. The number of carboxylic acid groups (broad SMARTS) is 2. The van der Waals surface area contributed by atoms with Crippen LogP contribution in [0.5, 0.6) is 0 Å². The van der Waals surface area contributed by atoms with Crippen molar-refractivity contribution < 1.29 is 19.8 Å². The van der Waals surface area contributed by atoms with Crippen LogP contribution in [0.3, 0.4) is 0 Å². The molecular weight excluding hydrogens is 520 g/mol. The third kappa shape index (κ3) is 23.7. The van der Waals surface area contributed by atoms with Crippen molar-refractivity contribution in [1.29, 1.82) is 0 Å².